The molecule has 0 spiro atoms. The second-order valence-electron chi connectivity index (χ2n) is 9.33. The number of esters is 1. The molecule has 6 rings (SSSR count). The fourth-order valence-corrected chi connectivity index (χ4v) is 6.42. The van der Waals surface area contributed by atoms with Gasteiger partial charge in [-0.25, -0.2) is 0 Å². The molecule has 0 radical (unpaired) electrons. The first-order valence-electron chi connectivity index (χ1n) is 10.7. The molecule has 4 fully saturated rings. The molecule has 29 heavy (non-hydrogen) atoms. The zero-order valence-electron chi connectivity index (χ0n) is 16.6. The van der Waals surface area contributed by atoms with Gasteiger partial charge in [-0.15, -0.1) is 0 Å². The minimum Gasteiger partial charge on any atom is -0.491 e. The zero-order chi connectivity index (χ0) is 20.0. The van der Waals surface area contributed by atoms with Crippen molar-refractivity contribution < 1.29 is 23.9 Å². The van der Waals surface area contributed by atoms with Gasteiger partial charge in [-0.3, -0.25) is 19.3 Å². The van der Waals surface area contributed by atoms with E-state index in [1.54, 1.807) is 18.2 Å². The second kappa shape index (κ2) is 7.15. The molecular weight excluding hydrogens is 370 g/mol. The van der Waals surface area contributed by atoms with E-state index in [0.717, 1.165) is 19.3 Å². The molecule has 1 heterocycles. The highest BCUT2D eigenvalue weighted by atomic mass is 16.5. The molecule has 154 valence electrons. The van der Waals surface area contributed by atoms with E-state index in [-0.39, 0.29) is 43.3 Å². The number of nitrogens with zero attached hydrogens (tertiary/aromatic N) is 1. The summed E-state index contributed by atoms with van der Waals surface area (Å²) in [6.07, 6.45) is 6.90. The summed E-state index contributed by atoms with van der Waals surface area (Å²) < 4.78 is 11.0. The van der Waals surface area contributed by atoms with Gasteiger partial charge in [0.1, 0.15) is 12.3 Å². The summed E-state index contributed by atoms with van der Waals surface area (Å²) in [7, 11) is 0. The van der Waals surface area contributed by atoms with Crippen molar-refractivity contribution in [2.24, 2.45) is 23.2 Å². The topological polar surface area (TPSA) is 72.9 Å². The van der Waals surface area contributed by atoms with Gasteiger partial charge in [-0.05, 0) is 68.4 Å². The lowest BCUT2D eigenvalue weighted by atomic mass is 9.48. The zero-order valence-corrected chi connectivity index (χ0v) is 16.6. The van der Waals surface area contributed by atoms with Gasteiger partial charge in [0.2, 0.25) is 5.91 Å². The molecule has 4 bridgehead atoms. The lowest BCUT2D eigenvalue weighted by Crippen LogP contribution is -2.51. The van der Waals surface area contributed by atoms with Gasteiger partial charge in [0.15, 0.2) is 12.4 Å². The van der Waals surface area contributed by atoms with Crippen molar-refractivity contribution in [3.8, 4) is 5.75 Å². The summed E-state index contributed by atoms with van der Waals surface area (Å²) in [5, 5.41) is 0. The van der Waals surface area contributed by atoms with E-state index in [1.807, 2.05) is 6.07 Å². The highest BCUT2D eigenvalue weighted by Gasteiger charge is 2.54. The van der Waals surface area contributed by atoms with Crippen LogP contribution in [0.1, 0.15) is 44.9 Å². The summed E-state index contributed by atoms with van der Waals surface area (Å²) >= 11 is 0. The van der Waals surface area contributed by atoms with E-state index in [1.165, 1.54) is 24.2 Å². The van der Waals surface area contributed by atoms with Crippen LogP contribution in [0.4, 0.5) is 5.69 Å². The number of hydrogen-bond acceptors (Lipinski definition) is 5. The lowest BCUT2D eigenvalue weighted by molar-refractivity contribution is -0.157. The maximum atomic E-state index is 13.0. The van der Waals surface area contributed by atoms with Crippen LogP contribution in [0.5, 0.6) is 5.75 Å². The Balaban J connectivity index is 1.23. The van der Waals surface area contributed by atoms with Crippen molar-refractivity contribution in [3.63, 3.8) is 0 Å². The Kier molecular flexibility index (Phi) is 4.60. The van der Waals surface area contributed by atoms with Crippen LogP contribution in [0.3, 0.4) is 0 Å². The van der Waals surface area contributed by atoms with Crippen LogP contribution in [0.25, 0.3) is 0 Å². The average molecular weight is 397 g/mol. The standard InChI is InChI=1S/C23H27NO5/c25-20(23-10-15-7-16(11-23)9-17(8-15)12-23)14-29-22(27)13-24-18-3-1-2-4-19(18)28-6-5-21(24)26/h1-4,15-17H,5-14H2. The third kappa shape index (κ3) is 3.43. The van der Waals surface area contributed by atoms with Crippen LogP contribution in [0, 0.1) is 23.2 Å². The number of amides is 1. The number of para-hydroxylation sites is 2. The Hall–Kier alpha value is -2.37. The summed E-state index contributed by atoms with van der Waals surface area (Å²) in [4.78, 5) is 39.4. The highest BCUT2D eigenvalue weighted by Crippen LogP contribution is 2.60. The number of Topliss-reactive ketones (excluding diaryl/α,β-unsaturated/α-hetero) is 1. The quantitative estimate of drug-likeness (QED) is 0.714. The number of benzene rings is 1. The summed E-state index contributed by atoms with van der Waals surface area (Å²) in [5.41, 5.74) is 0.299. The molecule has 0 unspecified atom stereocenters. The molecule has 6 heteroatoms. The van der Waals surface area contributed by atoms with Crippen LogP contribution in [0.15, 0.2) is 24.3 Å². The number of ether oxygens (including phenoxy) is 2. The van der Waals surface area contributed by atoms with Crippen LogP contribution in [-0.4, -0.2) is 37.4 Å². The van der Waals surface area contributed by atoms with E-state index in [9.17, 15) is 14.4 Å². The van der Waals surface area contributed by atoms with Gasteiger partial charge in [0.05, 0.1) is 18.7 Å². The van der Waals surface area contributed by atoms with Crippen LogP contribution in [-0.2, 0) is 19.1 Å². The minimum atomic E-state index is -0.548. The van der Waals surface area contributed by atoms with Gasteiger partial charge >= 0.3 is 5.97 Å². The second-order valence-corrected chi connectivity index (χ2v) is 9.33. The molecule has 1 aromatic rings. The van der Waals surface area contributed by atoms with E-state index >= 15 is 0 Å². The van der Waals surface area contributed by atoms with E-state index in [0.29, 0.717) is 29.2 Å². The van der Waals surface area contributed by atoms with Crippen LogP contribution >= 0.6 is 0 Å². The molecule has 5 aliphatic rings. The molecule has 4 aliphatic carbocycles. The highest BCUT2D eigenvalue weighted by molar-refractivity contribution is 6.00. The van der Waals surface area contributed by atoms with E-state index in [2.05, 4.69) is 0 Å². The third-order valence-electron chi connectivity index (χ3n) is 7.31. The molecule has 1 aliphatic heterocycles. The van der Waals surface area contributed by atoms with Crippen molar-refractivity contribution >= 4 is 23.3 Å². The average Bonchev–Trinajstić information content (AvgIpc) is 2.84. The number of rotatable bonds is 5. The monoisotopic (exact) mass is 397 g/mol. The number of ketones is 1. The van der Waals surface area contributed by atoms with Crippen molar-refractivity contribution in [2.75, 3.05) is 24.7 Å². The molecule has 0 aromatic heterocycles. The van der Waals surface area contributed by atoms with Crippen LogP contribution in [0.2, 0.25) is 0 Å². The van der Waals surface area contributed by atoms with E-state index < -0.39 is 5.97 Å². The fourth-order valence-electron chi connectivity index (χ4n) is 6.42. The van der Waals surface area contributed by atoms with Crippen LogP contribution < -0.4 is 9.64 Å². The first-order valence-corrected chi connectivity index (χ1v) is 10.7. The lowest BCUT2D eigenvalue weighted by Gasteiger charge is -2.55. The Morgan fingerprint density at radius 3 is 2.41 bits per heavy atom. The van der Waals surface area contributed by atoms with Gasteiger partial charge in [0.25, 0.3) is 0 Å². The molecular formula is C23H27NO5. The van der Waals surface area contributed by atoms with Gasteiger partial charge in [0, 0.05) is 5.41 Å². The van der Waals surface area contributed by atoms with Gasteiger partial charge < -0.3 is 9.47 Å². The summed E-state index contributed by atoms with van der Waals surface area (Å²) in [6.45, 7) is -0.0928. The Labute approximate surface area is 170 Å². The molecule has 0 saturated heterocycles. The maximum Gasteiger partial charge on any atom is 0.326 e. The van der Waals surface area contributed by atoms with Crippen molar-refractivity contribution in [1.82, 2.24) is 0 Å². The van der Waals surface area contributed by atoms with Gasteiger partial charge in [-0.1, -0.05) is 12.1 Å². The first kappa shape index (κ1) is 18.6. The van der Waals surface area contributed by atoms with Crippen molar-refractivity contribution in [2.45, 2.75) is 44.9 Å². The smallest absolute Gasteiger partial charge is 0.326 e. The molecule has 1 amide bonds. The van der Waals surface area contributed by atoms with Crippen molar-refractivity contribution in [1.29, 1.82) is 0 Å². The predicted molar refractivity (Wildman–Crippen MR) is 105 cm³/mol. The Bertz CT molecular complexity index is 812. The number of hydrogen-bond donors (Lipinski definition) is 0. The minimum absolute atomic E-state index is 0.0795. The third-order valence-corrected chi connectivity index (χ3v) is 7.31. The Morgan fingerprint density at radius 1 is 1.07 bits per heavy atom. The SMILES string of the molecule is O=C(CN1C(=O)CCOc2ccccc21)OCC(=O)C12CC3CC(CC(C3)C1)C2. The summed E-state index contributed by atoms with van der Waals surface area (Å²) in [5.74, 6) is 1.95. The normalized spacial score (nSPS) is 32.3. The fraction of sp³-hybridized carbons (Fsp3) is 0.609. The van der Waals surface area contributed by atoms with Gasteiger partial charge in [-0.2, -0.15) is 0 Å². The molecule has 0 N–H and O–H groups in total. The number of fused-ring (bicyclic) bond motifs is 1. The van der Waals surface area contributed by atoms with Crippen molar-refractivity contribution in [3.05, 3.63) is 24.3 Å². The first-order chi connectivity index (χ1) is 14.0. The number of carbonyl (C=O) groups excluding carboxylic acids is 3. The molecule has 0 atom stereocenters. The number of carbonyl (C=O) groups is 3. The molecule has 6 nitrogen and oxygen atoms in total. The predicted octanol–water partition coefficient (Wildman–Crippen LogP) is 3.13. The Morgan fingerprint density at radius 2 is 1.72 bits per heavy atom. The summed E-state index contributed by atoms with van der Waals surface area (Å²) in [6, 6.07) is 7.17. The number of anilines is 1. The van der Waals surface area contributed by atoms with E-state index in [4.69, 9.17) is 9.47 Å². The molecule has 1 aromatic carbocycles. The largest absolute Gasteiger partial charge is 0.491 e. The maximum absolute atomic E-state index is 13.0. The molecule has 4 saturated carbocycles.